The van der Waals surface area contributed by atoms with Crippen molar-refractivity contribution >= 4 is 11.6 Å². The number of hydrogen-bond acceptors (Lipinski definition) is 3. The Morgan fingerprint density at radius 3 is 2.78 bits per heavy atom. The zero-order chi connectivity index (χ0) is 13.0. The Kier molecular flexibility index (Phi) is 4.95. The standard InChI is InChI=1S/C13H18ClFN2O/c1-16-9-12(17-5-7-18-8-6-17)13-10(14)3-2-4-11(13)15/h2-4,12,16H,5-9H2,1H3. The molecule has 0 aliphatic carbocycles. The average Bonchev–Trinajstić information content (AvgIpc) is 2.38. The fourth-order valence-electron chi connectivity index (χ4n) is 2.33. The first kappa shape index (κ1) is 13.7. The minimum Gasteiger partial charge on any atom is -0.379 e. The van der Waals surface area contributed by atoms with E-state index in [1.54, 1.807) is 12.1 Å². The summed E-state index contributed by atoms with van der Waals surface area (Å²) in [4.78, 5) is 2.21. The molecule has 0 amide bonds. The second kappa shape index (κ2) is 6.48. The van der Waals surface area contributed by atoms with Crippen molar-refractivity contribution in [2.45, 2.75) is 6.04 Å². The van der Waals surface area contributed by atoms with Crippen LogP contribution in [0, 0.1) is 5.82 Å². The van der Waals surface area contributed by atoms with E-state index >= 15 is 0 Å². The fraction of sp³-hybridized carbons (Fsp3) is 0.538. The van der Waals surface area contributed by atoms with Crippen LogP contribution in [-0.2, 0) is 4.74 Å². The number of likely N-dealkylation sites (N-methyl/N-ethyl adjacent to an activating group) is 1. The largest absolute Gasteiger partial charge is 0.379 e. The number of morpholine rings is 1. The van der Waals surface area contributed by atoms with E-state index < -0.39 is 0 Å². The summed E-state index contributed by atoms with van der Waals surface area (Å²) in [6, 6.07) is 4.79. The summed E-state index contributed by atoms with van der Waals surface area (Å²) in [5, 5.41) is 3.60. The minimum atomic E-state index is -0.241. The molecule has 1 unspecified atom stereocenters. The van der Waals surface area contributed by atoms with Gasteiger partial charge in [-0.25, -0.2) is 4.39 Å². The molecular formula is C13H18ClFN2O. The predicted molar refractivity (Wildman–Crippen MR) is 70.5 cm³/mol. The summed E-state index contributed by atoms with van der Waals surface area (Å²) in [7, 11) is 1.86. The number of halogens is 2. The van der Waals surface area contributed by atoms with Crippen molar-refractivity contribution in [2.24, 2.45) is 0 Å². The smallest absolute Gasteiger partial charge is 0.129 e. The van der Waals surface area contributed by atoms with Crippen molar-refractivity contribution in [3.05, 3.63) is 34.6 Å². The van der Waals surface area contributed by atoms with Gasteiger partial charge in [-0.1, -0.05) is 17.7 Å². The third-order valence-electron chi connectivity index (χ3n) is 3.22. The molecule has 100 valence electrons. The van der Waals surface area contributed by atoms with Gasteiger partial charge in [0.05, 0.1) is 19.3 Å². The first-order valence-corrected chi connectivity index (χ1v) is 6.52. The van der Waals surface area contributed by atoms with Gasteiger partial charge in [0, 0.05) is 30.2 Å². The molecular weight excluding hydrogens is 255 g/mol. The molecule has 1 saturated heterocycles. The van der Waals surface area contributed by atoms with Crippen molar-refractivity contribution in [1.29, 1.82) is 0 Å². The molecule has 0 radical (unpaired) electrons. The highest BCUT2D eigenvalue weighted by atomic mass is 35.5. The van der Waals surface area contributed by atoms with E-state index in [-0.39, 0.29) is 11.9 Å². The number of nitrogens with zero attached hydrogens (tertiary/aromatic N) is 1. The van der Waals surface area contributed by atoms with E-state index in [0.717, 1.165) is 13.1 Å². The van der Waals surface area contributed by atoms with Gasteiger partial charge >= 0.3 is 0 Å². The van der Waals surface area contributed by atoms with Crippen LogP contribution in [0.4, 0.5) is 4.39 Å². The molecule has 5 heteroatoms. The molecule has 2 rings (SSSR count). The van der Waals surface area contributed by atoms with E-state index in [2.05, 4.69) is 10.2 Å². The van der Waals surface area contributed by atoms with Gasteiger partial charge in [0.15, 0.2) is 0 Å². The lowest BCUT2D eigenvalue weighted by Crippen LogP contribution is -2.42. The van der Waals surface area contributed by atoms with Crippen molar-refractivity contribution in [3.63, 3.8) is 0 Å². The Morgan fingerprint density at radius 1 is 1.44 bits per heavy atom. The van der Waals surface area contributed by atoms with Gasteiger partial charge in [0.1, 0.15) is 5.82 Å². The number of nitrogens with one attached hydrogen (secondary N) is 1. The van der Waals surface area contributed by atoms with Crippen molar-refractivity contribution in [2.75, 3.05) is 39.9 Å². The summed E-state index contributed by atoms with van der Waals surface area (Å²) < 4.78 is 19.3. The zero-order valence-corrected chi connectivity index (χ0v) is 11.2. The van der Waals surface area contributed by atoms with E-state index in [9.17, 15) is 4.39 Å². The second-order valence-corrected chi connectivity index (χ2v) is 4.76. The molecule has 1 aromatic carbocycles. The molecule has 0 saturated carbocycles. The molecule has 0 aromatic heterocycles. The van der Waals surface area contributed by atoms with E-state index in [0.29, 0.717) is 30.3 Å². The van der Waals surface area contributed by atoms with Gasteiger partial charge in [-0.15, -0.1) is 0 Å². The third kappa shape index (κ3) is 3.01. The van der Waals surface area contributed by atoms with Gasteiger partial charge < -0.3 is 10.1 Å². The molecule has 1 fully saturated rings. The van der Waals surface area contributed by atoms with Crippen LogP contribution in [0.3, 0.4) is 0 Å². The lowest BCUT2D eigenvalue weighted by atomic mass is 10.0. The van der Waals surface area contributed by atoms with Gasteiger partial charge in [0.2, 0.25) is 0 Å². The maximum Gasteiger partial charge on any atom is 0.129 e. The molecule has 1 aromatic rings. The first-order chi connectivity index (χ1) is 8.74. The summed E-state index contributed by atoms with van der Waals surface area (Å²) in [6.07, 6.45) is 0. The third-order valence-corrected chi connectivity index (χ3v) is 3.55. The normalized spacial score (nSPS) is 18.8. The van der Waals surface area contributed by atoms with Crippen LogP contribution in [0.15, 0.2) is 18.2 Å². The van der Waals surface area contributed by atoms with Crippen molar-refractivity contribution < 1.29 is 9.13 Å². The van der Waals surface area contributed by atoms with E-state index in [1.807, 2.05) is 7.05 Å². The number of hydrogen-bond donors (Lipinski definition) is 1. The molecule has 1 aliphatic rings. The van der Waals surface area contributed by atoms with E-state index in [4.69, 9.17) is 16.3 Å². The van der Waals surface area contributed by atoms with Crippen LogP contribution in [0.25, 0.3) is 0 Å². The molecule has 1 N–H and O–H groups in total. The molecule has 0 bridgehead atoms. The van der Waals surface area contributed by atoms with Crippen LogP contribution >= 0.6 is 11.6 Å². The zero-order valence-electron chi connectivity index (χ0n) is 10.5. The number of ether oxygens (including phenoxy) is 1. The van der Waals surface area contributed by atoms with Gasteiger partial charge in [-0.2, -0.15) is 0 Å². The number of rotatable bonds is 4. The quantitative estimate of drug-likeness (QED) is 0.908. The predicted octanol–water partition coefficient (Wildman–Crippen LogP) is 2.07. The highest BCUT2D eigenvalue weighted by molar-refractivity contribution is 6.31. The van der Waals surface area contributed by atoms with Crippen molar-refractivity contribution in [3.8, 4) is 0 Å². The maximum atomic E-state index is 14.0. The van der Waals surface area contributed by atoms with Gasteiger partial charge in [-0.3, -0.25) is 4.90 Å². The van der Waals surface area contributed by atoms with Crippen LogP contribution in [-0.4, -0.2) is 44.8 Å². The van der Waals surface area contributed by atoms with E-state index in [1.165, 1.54) is 6.07 Å². The lowest BCUT2D eigenvalue weighted by molar-refractivity contribution is 0.0158. The topological polar surface area (TPSA) is 24.5 Å². The SMILES string of the molecule is CNCC(c1c(F)cccc1Cl)N1CCOCC1. The van der Waals surface area contributed by atoms with Gasteiger partial charge in [0.25, 0.3) is 0 Å². The van der Waals surface area contributed by atoms with Crippen LogP contribution < -0.4 is 5.32 Å². The molecule has 0 spiro atoms. The Morgan fingerprint density at radius 2 is 2.17 bits per heavy atom. The summed E-state index contributed by atoms with van der Waals surface area (Å²) in [5.74, 6) is -0.241. The molecule has 3 nitrogen and oxygen atoms in total. The summed E-state index contributed by atoms with van der Waals surface area (Å²) in [5.41, 5.74) is 0.579. The molecule has 1 atom stereocenters. The fourth-order valence-corrected chi connectivity index (χ4v) is 2.61. The molecule has 1 aliphatic heterocycles. The Bertz CT molecular complexity index is 376. The Hall–Kier alpha value is -0.680. The Balaban J connectivity index is 2.28. The minimum absolute atomic E-state index is 0.0485. The average molecular weight is 273 g/mol. The van der Waals surface area contributed by atoms with Crippen molar-refractivity contribution in [1.82, 2.24) is 10.2 Å². The molecule has 18 heavy (non-hydrogen) atoms. The summed E-state index contributed by atoms with van der Waals surface area (Å²) >= 11 is 6.15. The Labute approximate surface area is 112 Å². The highest BCUT2D eigenvalue weighted by Gasteiger charge is 2.26. The molecule has 1 heterocycles. The monoisotopic (exact) mass is 272 g/mol. The summed E-state index contributed by atoms with van der Waals surface area (Å²) in [6.45, 7) is 3.65. The maximum absolute atomic E-state index is 14.0. The number of benzene rings is 1. The first-order valence-electron chi connectivity index (χ1n) is 6.14. The lowest BCUT2D eigenvalue weighted by Gasteiger charge is -2.35. The van der Waals surface area contributed by atoms with Crippen LogP contribution in [0.2, 0.25) is 5.02 Å². The van der Waals surface area contributed by atoms with Crippen LogP contribution in [0.5, 0.6) is 0 Å². The second-order valence-electron chi connectivity index (χ2n) is 4.36. The highest BCUT2D eigenvalue weighted by Crippen LogP contribution is 2.30. The van der Waals surface area contributed by atoms with Crippen LogP contribution in [0.1, 0.15) is 11.6 Å². The van der Waals surface area contributed by atoms with Gasteiger partial charge in [-0.05, 0) is 19.2 Å².